The lowest BCUT2D eigenvalue weighted by Gasteiger charge is -1.99. The molecule has 6 nitrogen and oxygen atoms in total. The molecule has 0 unspecified atom stereocenters. The number of allylic oxidation sites excluding steroid dienone is 2. The number of amides is 2. The normalized spacial score (nSPS) is 12.4. The van der Waals surface area contributed by atoms with Crippen molar-refractivity contribution < 1.29 is 9.59 Å². The van der Waals surface area contributed by atoms with Crippen molar-refractivity contribution in [2.75, 3.05) is 0 Å². The van der Waals surface area contributed by atoms with Crippen LogP contribution in [0.2, 0.25) is 0 Å². The van der Waals surface area contributed by atoms with Crippen molar-refractivity contribution in [2.45, 2.75) is 13.8 Å². The lowest BCUT2D eigenvalue weighted by atomic mass is 10.1. The van der Waals surface area contributed by atoms with Gasteiger partial charge in [0.05, 0.1) is 12.4 Å². The molecule has 0 radical (unpaired) electrons. The van der Waals surface area contributed by atoms with E-state index in [2.05, 4.69) is 21.1 Å². The maximum Gasteiger partial charge on any atom is 0.331 e. The minimum absolute atomic E-state index is 0.826. The topological polar surface area (TPSA) is 82.9 Å². The average molecular weight is 374 g/mol. The number of carbonyl (C=O) groups is 2. The van der Waals surface area contributed by atoms with Gasteiger partial charge in [0.2, 0.25) is 0 Å². The molecular weight excluding hydrogens is 352 g/mol. The van der Waals surface area contributed by atoms with E-state index in [1.54, 1.807) is 0 Å². The third-order valence-electron chi connectivity index (χ3n) is 3.46. The van der Waals surface area contributed by atoms with Gasteiger partial charge >= 0.3 is 11.8 Å². The first-order valence-electron chi connectivity index (χ1n) is 8.68. The molecule has 2 aromatic rings. The van der Waals surface area contributed by atoms with Crippen LogP contribution in [-0.2, 0) is 9.59 Å². The number of benzene rings is 2. The predicted octanol–water partition coefficient (Wildman–Crippen LogP) is 3.40. The molecule has 142 valence electrons. The number of nitrogens with zero attached hydrogens (tertiary/aromatic N) is 2. The molecule has 0 atom stereocenters. The molecule has 2 N–H and O–H groups in total. The van der Waals surface area contributed by atoms with Crippen LogP contribution in [0.5, 0.6) is 0 Å². The van der Waals surface area contributed by atoms with Gasteiger partial charge < -0.3 is 0 Å². The monoisotopic (exact) mass is 374 g/mol. The second-order valence-corrected chi connectivity index (χ2v) is 6.00. The van der Waals surface area contributed by atoms with E-state index in [1.807, 2.05) is 86.7 Å². The van der Waals surface area contributed by atoms with Crippen LogP contribution >= 0.6 is 0 Å². The van der Waals surface area contributed by atoms with Crippen LogP contribution < -0.4 is 10.9 Å². The summed E-state index contributed by atoms with van der Waals surface area (Å²) in [6.45, 7) is 3.68. The molecule has 0 aromatic heterocycles. The van der Waals surface area contributed by atoms with Crippen LogP contribution in [0.3, 0.4) is 0 Å². The number of carbonyl (C=O) groups excluding carboxylic acids is 2. The van der Waals surface area contributed by atoms with Crippen molar-refractivity contribution in [1.29, 1.82) is 0 Å². The van der Waals surface area contributed by atoms with E-state index >= 15 is 0 Å². The number of rotatable bonds is 6. The molecule has 0 saturated heterocycles. The Bertz CT molecular complexity index is 837. The van der Waals surface area contributed by atoms with E-state index in [0.717, 1.165) is 22.3 Å². The molecule has 0 saturated carbocycles. The zero-order valence-corrected chi connectivity index (χ0v) is 15.8. The second-order valence-electron chi connectivity index (χ2n) is 6.00. The maximum atomic E-state index is 11.7. The summed E-state index contributed by atoms with van der Waals surface area (Å²) in [5.74, 6) is -1.80. The lowest BCUT2D eigenvalue weighted by Crippen LogP contribution is -2.35. The minimum Gasteiger partial charge on any atom is -0.262 e. The summed E-state index contributed by atoms with van der Waals surface area (Å²) >= 11 is 0. The summed E-state index contributed by atoms with van der Waals surface area (Å²) < 4.78 is 0. The van der Waals surface area contributed by atoms with Crippen LogP contribution in [0, 0.1) is 0 Å². The van der Waals surface area contributed by atoms with Crippen molar-refractivity contribution >= 4 is 36.4 Å². The van der Waals surface area contributed by atoms with Gasteiger partial charge in [-0.2, -0.15) is 10.2 Å². The highest BCUT2D eigenvalue weighted by atomic mass is 16.2. The SMILES string of the molecule is CC(=C/c1ccccc1)/C=N/NC(=O)C(=O)N/N=C/C(C)=C/c1ccccc1. The Balaban J connectivity index is 1.80. The quantitative estimate of drug-likeness (QED) is 0.461. The summed E-state index contributed by atoms with van der Waals surface area (Å²) in [6, 6.07) is 19.4. The van der Waals surface area contributed by atoms with Gasteiger partial charge in [0.25, 0.3) is 0 Å². The Morgan fingerprint density at radius 2 is 1.04 bits per heavy atom. The number of hydrogen-bond donors (Lipinski definition) is 2. The van der Waals surface area contributed by atoms with Gasteiger partial charge in [-0.15, -0.1) is 0 Å². The molecule has 28 heavy (non-hydrogen) atoms. The molecule has 0 aliphatic heterocycles. The first-order valence-corrected chi connectivity index (χ1v) is 8.68. The third kappa shape index (κ3) is 7.61. The van der Waals surface area contributed by atoms with Crippen molar-refractivity contribution in [2.24, 2.45) is 10.2 Å². The Hall–Kier alpha value is -3.80. The van der Waals surface area contributed by atoms with Gasteiger partial charge in [0.15, 0.2) is 0 Å². The Labute approximate surface area is 164 Å². The second kappa shape index (κ2) is 11.0. The molecule has 0 spiro atoms. The zero-order valence-electron chi connectivity index (χ0n) is 15.8. The highest BCUT2D eigenvalue weighted by molar-refractivity contribution is 6.35. The molecule has 2 rings (SSSR count). The fraction of sp³-hybridized carbons (Fsp3) is 0.0909. The Kier molecular flexibility index (Phi) is 8.08. The van der Waals surface area contributed by atoms with Crippen LogP contribution in [0.25, 0.3) is 12.2 Å². The first kappa shape index (κ1) is 20.5. The molecular formula is C22H22N4O2. The highest BCUT2D eigenvalue weighted by Crippen LogP contribution is 2.05. The zero-order chi connectivity index (χ0) is 20.2. The largest absolute Gasteiger partial charge is 0.331 e. The number of hydrazone groups is 2. The molecule has 2 amide bonds. The molecule has 6 heteroatoms. The first-order chi connectivity index (χ1) is 13.5. The smallest absolute Gasteiger partial charge is 0.262 e. The fourth-order valence-electron chi connectivity index (χ4n) is 2.19. The van der Waals surface area contributed by atoms with Gasteiger partial charge in [-0.3, -0.25) is 9.59 Å². The van der Waals surface area contributed by atoms with Gasteiger partial charge in [-0.25, -0.2) is 10.9 Å². The van der Waals surface area contributed by atoms with Crippen molar-refractivity contribution in [3.63, 3.8) is 0 Å². The van der Waals surface area contributed by atoms with E-state index in [9.17, 15) is 9.59 Å². The van der Waals surface area contributed by atoms with Crippen molar-refractivity contribution in [3.8, 4) is 0 Å². The van der Waals surface area contributed by atoms with Gasteiger partial charge in [-0.05, 0) is 36.1 Å². The number of nitrogens with one attached hydrogen (secondary N) is 2. The number of hydrogen-bond acceptors (Lipinski definition) is 4. The van der Waals surface area contributed by atoms with Crippen LogP contribution in [0.1, 0.15) is 25.0 Å². The summed E-state index contributed by atoms with van der Waals surface area (Å²) in [7, 11) is 0. The third-order valence-corrected chi connectivity index (χ3v) is 3.46. The van der Waals surface area contributed by atoms with E-state index in [4.69, 9.17) is 0 Å². The van der Waals surface area contributed by atoms with Crippen LogP contribution in [0.4, 0.5) is 0 Å². The predicted molar refractivity (Wildman–Crippen MR) is 113 cm³/mol. The fourth-order valence-corrected chi connectivity index (χ4v) is 2.19. The van der Waals surface area contributed by atoms with Gasteiger partial charge in [0, 0.05) is 0 Å². The molecule has 0 fully saturated rings. The van der Waals surface area contributed by atoms with Gasteiger partial charge in [-0.1, -0.05) is 72.8 Å². The molecule has 2 aromatic carbocycles. The van der Waals surface area contributed by atoms with E-state index < -0.39 is 11.8 Å². The Morgan fingerprint density at radius 3 is 1.39 bits per heavy atom. The molecule has 0 heterocycles. The average Bonchev–Trinajstić information content (AvgIpc) is 2.69. The lowest BCUT2D eigenvalue weighted by molar-refractivity contribution is -0.139. The van der Waals surface area contributed by atoms with E-state index in [1.165, 1.54) is 12.4 Å². The Morgan fingerprint density at radius 1 is 0.679 bits per heavy atom. The minimum atomic E-state index is -0.898. The maximum absolute atomic E-state index is 11.7. The molecule has 0 aliphatic rings. The van der Waals surface area contributed by atoms with Crippen molar-refractivity contribution in [3.05, 3.63) is 82.9 Å². The van der Waals surface area contributed by atoms with Crippen molar-refractivity contribution in [1.82, 2.24) is 10.9 Å². The van der Waals surface area contributed by atoms with Crippen LogP contribution in [0.15, 0.2) is 82.0 Å². The molecule has 0 aliphatic carbocycles. The standard InChI is InChI=1S/C22H22N4O2/c1-17(13-19-9-5-3-6-10-19)15-23-25-21(27)22(28)26-24-16-18(2)14-20-11-7-4-8-12-20/h3-16H,1-2H3,(H,25,27)(H,26,28)/b17-13-,18-14+,23-15+,24-16+. The summed E-state index contributed by atoms with van der Waals surface area (Å²) in [6.07, 6.45) is 6.74. The molecule has 0 bridgehead atoms. The van der Waals surface area contributed by atoms with E-state index in [0.29, 0.717) is 0 Å². The summed E-state index contributed by atoms with van der Waals surface area (Å²) in [5, 5.41) is 7.54. The van der Waals surface area contributed by atoms with Crippen LogP contribution in [-0.4, -0.2) is 24.2 Å². The highest BCUT2D eigenvalue weighted by Gasteiger charge is 2.10. The van der Waals surface area contributed by atoms with Gasteiger partial charge in [0.1, 0.15) is 0 Å². The summed E-state index contributed by atoms with van der Waals surface area (Å²) in [5.41, 5.74) is 8.02. The van der Waals surface area contributed by atoms with E-state index in [-0.39, 0.29) is 0 Å². The summed E-state index contributed by atoms with van der Waals surface area (Å²) in [4.78, 5) is 23.4.